The van der Waals surface area contributed by atoms with Crippen LogP contribution in [0.3, 0.4) is 0 Å². The first-order valence-corrected chi connectivity index (χ1v) is 6.73. The summed E-state index contributed by atoms with van der Waals surface area (Å²) in [6.45, 7) is 0.444. The minimum Gasteiger partial charge on any atom is -0.346 e. The van der Waals surface area contributed by atoms with Crippen LogP contribution < -0.4 is 5.32 Å². The molecule has 0 fully saturated rings. The Morgan fingerprint density at radius 1 is 1.33 bits per heavy atom. The Morgan fingerprint density at radius 2 is 2.06 bits per heavy atom. The highest BCUT2D eigenvalue weighted by atomic mass is 79.9. The van der Waals surface area contributed by atoms with Gasteiger partial charge in [0.2, 0.25) is 0 Å². The summed E-state index contributed by atoms with van der Waals surface area (Å²) < 4.78 is 1.71. The summed E-state index contributed by atoms with van der Waals surface area (Å²) in [5.74, 6) is -0.0817. The van der Waals surface area contributed by atoms with Crippen LogP contribution in [0.25, 0.3) is 0 Å². The van der Waals surface area contributed by atoms with Crippen LogP contribution in [0, 0.1) is 0 Å². The van der Waals surface area contributed by atoms with E-state index in [2.05, 4.69) is 26.3 Å². The van der Waals surface area contributed by atoms with E-state index in [4.69, 9.17) is 0 Å². The van der Waals surface area contributed by atoms with Crippen LogP contribution in [-0.4, -0.2) is 15.7 Å². The second kappa shape index (κ2) is 5.82. The topological polar surface area (TPSA) is 46.9 Å². The molecule has 2 aromatic rings. The fourth-order valence-electron chi connectivity index (χ4n) is 1.58. The lowest BCUT2D eigenvalue weighted by molar-refractivity contribution is 0.0950. The lowest BCUT2D eigenvalue weighted by atomic mass is 10.1. The summed E-state index contributed by atoms with van der Waals surface area (Å²) in [5.41, 5.74) is 2.66. The van der Waals surface area contributed by atoms with Gasteiger partial charge in [0.15, 0.2) is 0 Å². The highest BCUT2D eigenvalue weighted by Gasteiger charge is 2.05. The van der Waals surface area contributed by atoms with Gasteiger partial charge in [0, 0.05) is 24.1 Å². The van der Waals surface area contributed by atoms with Gasteiger partial charge in [-0.1, -0.05) is 28.1 Å². The molecule has 1 heterocycles. The smallest absolute Gasteiger partial charge is 0.251 e. The van der Waals surface area contributed by atoms with E-state index in [9.17, 15) is 4.79 Å². The van der Waals surface area contributed by atoms with Crippen molar-refractivity contribution in [1.82, 2.24) is 15.1 Å². The Labute approximate surface area is 114 Å². The van der Waals surface area contributed by atoms with Crippen LogP contribution in [0.4, 0.5) is 0 Å². The minimum absolute atomic E-state index is 0.0817. The first-order valence-electron chi connectivity index (χ1n) is 5.60. The van der Waals surface area contributed by atoms with Gasteiger partial charge in [-0.3, -0.25) is 9.48 Å². The van der Waals surface area contributed by atoms with Gasteiger partial charge in [-0.25, -0.2) is 0 Å². The Morgan fingerprint density at radius 3 is 2.61 bits per heavy atom. The second-order valence-electron chi connectivity index (χ2n) is 3.99. The van der Waals surface area contributed by atoms with Crippen LogP contribution in [0.5, 0.6) is 0 Å². The van der Waals surface area contributed by atoms with Gasteiger partial charge in [0.25, 0.3) is 5.91 Å². The van der Waals surface area contributed by atoms with Gasteiger partial charge >= 0.3 is 0 Å². The Balaban J connectivity index is 1.94. The molecule has 18 heavy (non-hydrogen) atoms. The summed E-state index contributed by atoms with van der Waals surface area (Å²) in [4.78, 5) is 11.9. The number of hydrogen-bond donors (Lipinski definition) is 1. The Kier molecular flexibility index (Phi) is 4.15. The summed E-state index contributed by atoms with van der Waals surface area (Å²) in [6, 6.07) is 9.40. The van der Waals surface area contributed by atoms with Gasteiger partial charge in [-0.15, -0.1) is 0 Å². The summed E-state index contributed by atoms with van der Waals surface area (Å²) in [5, 5.41) is 7.83. The molecule has 0 spiro atoms. The third-order valence-electron chi connectivity index (χ3n) is 2.57. The van der Waals surface area contributed by atoms with Gasteiger partial charge in [-0.05, 0) is 23.8 Å². The van der Waals surface area contributed by atoms with Crippen LogP contribution in [-0.2, 0) is 18.9 Å². The number of aromatic nitrogens is 2. The van der Waals surface area contributed by atoms with Crippen molar-refractivity contribution < 1.29 is 4.79 Å². The molecule has 0 unspecified atom stereocenters. The van der Waals surface area contributed by atoms with Crippen LogP contribution in [0.2, 0.25) is 0 Å². The number of nitrogens with zero attached hydrogens (tertiary/aromatic N) is 2. The Bertz CT molecular complexity index is 533. The lowest BCUT2D eigenvalue weighted by Crippen LogP contribution is -2.23. The van der Waals surface area contributed by atoms with Gasteiger partial charge in [0.05, 0.1) is 12.2 Å². The van der Waals surface area contributed by atoms with Crippen LogP contribution >= 0.6 is 15.9 Å². The Hall–Kier alpha value is -1.62. The molecule has 1 aromatic carbocycles. The molecular formula is C13H14BrN3O. The molecule has 0 atom stereocenters. The molecule has 1 aromatic heterocycles. The second-order valence-corrected chi connectivity index (χ2v) is 4.55. The number of hydrogen-bond acceptors (Lipinski definition) is 2. The van der Waals surface area contributed by atoms with Crippen LogP contribution in [0.1, 0.15) is 21.6 Å². The SMILES string of the molecule is Cn1ccc(CNC(=O)c2ccc(CBr)cc2)n1. The fraction of sp³-hybridized carbons (Fsp3) is 0.231. The summed E-state index contributed by atoms with van der Waals surface area (Å²) >= 11 is 3.37. The molecular weight excluding hydrogens is 294 g/mol. The zero-order valence-electron chi connectivity index (χ0n) is 10.1. The zero-order chi connectivity index (χ0) is 13.0. The molecule has 1 amide bonds. The predicted octanol–water partition coefficient (Wildman–Crippen LogP) is 2.25. The number of aryl methyl sites for hydroxylation is 1. The highest BCUT2D eigenvalue weighted by Crippen LogP contribution is 2.08. The molecule has 0 saturated heterocycles. The van der Waals surface area contributed by atoms with Crippen molar-refractivity contribution in [3.63, 3.8) is 0 Å². The van der Waals surface area contributed by atoms with E-state index in [0.717, 1.165) is 16.6 Å². The molecule has 4 nitrogen and oxygen atoms in total. The largest absolute Gasteiger partial charge is 0.346 e. The molecule has 0 aliphatic heterocycles. The molecule has 1 N–H and O–H groups in total. The normalized spacial score (nSPS) is 10.3. The summed E-state index contributed by atoms with van der Waals surface area (Å²) in [6.07, 6.45) is 1.85. The standard InChI is InChI=1S/C13H14BrN3O/c1-17-7-6-12(16-17)9-15-13(18)11-4-2-10(8-14)3-5-11/h2-7H,8-9H2,1H3,(H,15,18). The number of carbonyl (C=O) groups is 1. The molecule has 2 rings (SSSR count). The van der Waals surface area contributed by atoms with Crippen molar-refractivity contribution >= 4 is 21.8 Å². The third kappa shape index (κ3) is 3.20. The molecule has 0 radical (unpaired) electrons. The van der Waals surface area contributed by atoms with E-state index in [0.29, 0.717) is 12.1 Å². The monoisotopic (exact) mass is 307 g/mol. The maximum Gasteiger partial charge on any atom is 0.251 e. The number of halogens is 1. The van der Waals surface area contributed by atoms with Gasteiger partial charge < -0.3 is 5.32 Å². The third-order valence-corrected chi connectivity index (χ3v) is 3.22. The number of carbonyl (C=O) groups excluding carboxylic acids is 1. The van der Waals surface area contributed by atoms with Crippen molar-refractivity contribution in [2.75, 3.05) is 0 Å². The number of rotatable bonds is 4. The molecule has 0 aliphatic rings. The lowest BCUT2D eigenvalue weighted by Gasteiger charge is -2.04. The molecule has 94 valence electrons. The number of nitrogens with one attached hydrogen (secondary N) is 1. The van der Waals surface area contributed by atoms with E-state index < -0.39 is 0 Å². The maximum atomic E-state index is 11.9. The minimum atomic E-state index is -0.0817. The van der Waals surface area contributed by atoms with Crippen molar-refractivity contribution in [1.29, 1.82) is 0 Å². The van der Waals surface area contributed by atoms with Crippen molar-refractivity contribution in [2.45, 2.75) is 11.9 Å². The molecule has 0 bridgehead atoms. The average molecular weight is 308 g/mol. The fourth-order valence-corrected chi connectivity index (χ4v) is 1.95. The first kappa shape index (κ1) is 12.8. The van der Waals surface area contributed by atoms with Gasteiger partial charge in [-0.2, -0.15) is 5.10 Å². The number of amides is 1. The van der Waals surface area contributed by atoms with E-state index in [1.165, 1.54) is 0 Å². The van der Waals surface area contributed by atoms with Gasteiger partial charge in [0.1, 0.15) is 0 Å². The highest BCUT2D eigenvalue weighted by molar-refractivity contribution is 9.08. The average Bonchev–Trinajstić information content (AvgIpc) is 2.82. The van der Waals surface area contributed by atoms with Crippen molar-refractivity contribution in [3.05, 3.63) is 53.3 Å². The van der Waals surface area contributed by atoms with E-state index in [1.54, 1.807) is 4.68 Å². The van der Waals surface area contributed by atoms with Crippen molar-refractivity contribution in [2.24, 2.45) is 7.05 Å². The van der Waals surface area contributed by atoms with Crippen LogP contribution in [0.15, 0.2) is 36.5 Å². The molecule has 5 heteroatoms. The predicted molar refractivity (Wildman–Crippen MR) is 73.5 cm³/mol. The van der Waals surface area contributed by atoms with E-state index >= 15 is 0 Å². The molecule has 0 saturated carbocycles. The molecule has 0 aliphatic carbocycles. The van der Waals surface area contributed by atoms with Crippen molar-refractivity contribution in [3.8, 4) is 0 Å². The van der Waals surface area contributed by atoms with E-state index in [-0.39, 0.29) is 5.91 Å². The number of benzene rings is 1. The number of alkyl halides is 1. The van der Waals surface area contributed by atoms with E-state index in [1.807, 2.05) is 43.6 Å². The first-order chi connectivity index (χ1) is 8.69. The zero-order valence-corrected chi connectivity index (χ0v) is 11.6. The maximum absolute atomic E-state index is 11.9. The quantitative estimate of drug-likeness (QED) is 0.881. The summed E-state index contributed by atoms with van der Waals surface area (Å²) in [7, 11) is 1.85.